The normalized spacial score (nSPS) is 10.9. The van der Waals surface area contributed by atoms with Crippen molar-refractivity contribution in [1.29, 1.82) is 0 Å². The van der Waals surface area contributed by atoms with E-state index in [0.717, 1.165) is 28.2 Å². The zero-order valence-electron chi connectivity index (χ0n) is 13.2. The Morgan fingerprint density at radius 2 is 1.71 bits per heavy atom. The van der Waals surface area contributed by atoms with Gasteiger partial charge in [0.15, 0.2) is 11.4 Å². The van der Waals surface area contributed by atoms with Crippen molar-refractivity contribution in [1.82, 2.24) is 14.4 Å². The van der Waals surface area contributed by atoms with Crippen LogP contribution >= 0.6 is 0 Å². The van der Waals surface area contributed by atoms with E-state index >= 15 is 0 Å². The zero-order chi connectivity index (χ0) is 16.5. The van der Waals surface area contributed by atoms with Crippen molar-refractivity contribution < 1.29 is 4.79 Å². The topological polar surface area (TPSA) is 47.3 Å². The Morgan fingerprint density at radius 3 is 2.50 bits per heavy atom. The first kappa shape index (κ1) is 14.3. The van der Waals surface area contributed by atoms with Crippen LogP contribution in [-0.4, -0.2) is 20.2 Å². The number of aromatic nitrogens is 3. The smallest absolute Gasteiger partial charge is 0.159 e. The minimum atomic E-state index is 0.0531. The van der Waals surface area contributed by atoms with E-state index in [1.165, 1.54) is 0 Å². The average Bonchev–Trinajstić information content (AvgIpc) is 3.05. The zero-order valence-corrected chi connectivity index (χ0v) is 13.2. The van der Waals surface area contributed by atoms with E-state index in [4.69, 9.17) is 0 Å². The number of Topliss-reactive ketones (excluding diaryl/α,β-unsaturated/α-hetero) is 1. The number of hydrogen-bond donors (Lipinski definition) is 0. The molecule has 0 aliphatic heterocycles. The van der Waals surface area contributed by atoms with Crippen LogP contribution in [0.2, 0.25) is 0 Å². The molecule has 0 aliphatic rings. The summed E-state index contributed by atoms with van der Waals surface area (Å²) in [7, 11) is 0. The lowest BCUT2D eigenvalue weighted by Crippen LogP contribution is -1.95. The first-order valence-corrected chi connectivity index (χ1v) is 7.72. The van der Waals surface area contributed by atoms with Crippen molar-refractivity contribution in [3.8, 4) is 22.5 Å². The molecule has 116 valence electrons. The van der Waals surface area contributed by atoms with Crippen LogP contribution in [0.25, 0.3) is 28.2 Å². The Balaban J connectivity index is 1.88. The fourth-order valence-electron chi connectivity index (χ4n) is 2.76. The third kappa shape index (κ3) is 2.48. The highest BCUT2D eigenvalue weighted by atomic mass is 16.1. The van der Waals surface area contributed by atoms with Crippen molar-refractivity contribution >= 4 is 11.4 Å². The molecule has 4 rings (SSSR count). The molecule has 0 bridgehead atoms. The van der Waals surface area contributed by atoms with E-state index in [0.29, 0.717) is 5.56 Å². The molecular formula is C20H15N3O. The summed E-state index contributed by atoms with van der Waals surface area (Å²) >= 11 is 0. The van der Waals surface area contributed by atoms with Gasteiger partial charge in [-0.25, -0.2) is 4.98 Å². The Kier molecular flexibility index (Phi) is 3.43. The van der Waals surface area contributed by atoms with E-state index < -0.39 is 0 Å². The summed E-state index contributed by atoms with van der Waals surface area (Å²) in [5, 5.41) is 0. The van der Waals surface area contributed by atoms with Crippen LogP contribution in [0.3, 0.4) is 0 Å². The molecule has 0 saturated carbocycles. The molecule has 0 spiro atoms. The van der Waals surface area contributed by atoms with Crippen molar-refractivity contribution in [3.63, 3.8) is 0 Å². The number of rotatable bonds is 3. The highest BCUT2D eigenvalue weighted by Crippen LogP contribution is 2.24. The maximum Gasteiger partial charge on any atom is 0.159 e. The molecular weight excluding hydrogens is 298 g/mol. The van der Waals surface area contributed by atoms with E-state index in [1.807, 2.05) is 71.4 Å². The Bertz CT molecular complexity index is 1040. The molecule has 0 N–H and O–H groups in total. The molecule has 0 atom stereocenters. The highest BCUT2D eigenvalue weighted by Gasteiger charge is 2.10. The Labute approximate surface area is 139 Å². The van der Waals surface area contributed by atoms with E-state index in [1.54, 1.807) is 13.1 Å². The summed E-state index contributed by atoms with van der Waals surface area (Å²) in [5.41, 5.74) is 5.30. The minimum absolute atomic E-state index is 0.0531. The third-order valence-electron chi connectivity index (χ3n) is 4.03. The van der Waals surface area contributed by atoms with Crippen molar-refractivity contribution in [3.05, 3.63) is 78.8 Å². The van der Waals surface area contributed by atoms with Gasteiger partial charge < -0.3 is 0 Å². The lowest BCUT2D eigenvalue weighted by atomic mass is 10.1. The van der Waals surface area contributed by atoms with Crippen LogP contribution in [0.4, 0.5) is 0 Å². The summed E-state index contributed by atoms with van der Waals surface area (Å²) in [5.74, 6) is 0.0531. The monoisotopic (exact) mass is 313 g/mol. The van der Waals surface area contributed by atoms with Crippen LogP contribution in [0.15, 0.2) is 73.2 Å². The van der Waals surface area contributed by atoms with Gasteiger partial charge in [0, 0.05) is 22.9 Å². The molecule has 4 nitrogen and oxygen atoms in total. The lowest BCUT2D eigenvalue weighted by molar-refractivity contribution is 0.101. The minimum Gasteiger partial charge on any atom is -0.296 e. The first-order valence-electron chi connectivity index (χ1n) is 7.72. The van der Waals surface area contributed by atoms with Crippen molar-refractivity contribution in [2.75, 3.05) is 0 Å². The van der Waals surface area contributed by atoms with E-state index in [2.05, 4.69) is 9.97 Å². The largest absolute Gasteiger partial charge is 0.296 e. The second kappa shape index (κ2) is 5.74. The number of carbonyl (C=O) groups excluding carboxylic acids is 1. The molecule has 2 heterocycles. The number of nitrogens with zero attached hydrogens (tertiary/aromatic N) is 3. The second-order valence-corrected chi connectivity index (χ2v) is 5.65. The van der Waals surface area contributed by atoms with E-state index in [9.17, 15) is 4.79 Å². The summed E-state index contributed by atoms with van der Waals surface area (Å²) in [6.45, 7) is 1.57. The summed E-state index contributed by atoms with van der Waals surface area (Å²) in [4.78, 5) is 20.5. The van der Waals surface area contributed by atoms with Gasteiger partial charge >= 0.3 is 0 Å². The number of benzene rings is 2. The maximum absolute atomic E-state index is 11.6. The van der Waals surface area contributed by atoms with Crippen molar-refractivity contribution in [2.24, 2.45) is 0 Å². The van der Waals surface area contributed by atoms with Gasteiger partial charge in [0.1, 0.15) is 0 Å². The van der Waals surface area contributed by atoms with Crippen LogP contribution < -0.4 is 0 Å². The third-order valence-corrected chi connectivity index (χ3v) is 4.03. The van der Waals surface area contributed by atoms with Gasteiger partial charge in [0.2, 0.25) is 0 Å². The standard InChI is InChI=1S/C20H15N3O/c1-14(24)16-8-5-9-17(10-16)19-11-22-20-12-21-18(13-23(19)20)15-6-3-2-4-7-15/h2-13H,1H3. The summed E-state index contributed by atoms with van der Waals surface area (Å²) in [6, 6.07) is 17.6. The SMILES string of the molecule is CC(=O)c1cccc(-c2cnc3cnc(-c4ccccc4)cn23)c1. The summed E-state index contributed by atoms with van der Waals surface area (Å²) < 4.78 is 2.01. The molecule has 0 saturated heterocycles. The molecule has 24 heavy (non-hydrogen) atoms. The predicted molar refractivity (Wildman–Crippen MR) is 93.9 cm³/mol. The number of hydrogen-bond acceptors (Lipinski definition) is 3. The van der Waals surface area contributed by atoms with Crippen LogP contribution in [0, 0.1) is 0 Å². The first-order chi connectivity index (χ1) is 11.7. The van der Waals surface area contributed by atoms with Gasteiger partial charge in [-0.1, -0.05) is 48.5 Å². The fourth-order valence-corrected chi connectivity index (χ4v) is 2.76. The Morgan fingerprint density at radius 1 is 0.917 bits per heavy atom. The van der Waals surface area contributed by atoms with Crippen LogP contribution in [0.1, 0.15) is 17.3 Å². The molecule has 0 amide bonds. The molecule has 4 aromatic rings. The highest BCUT2D eigenvalue weighted by molar-refractivity contribution is 5.95. The van der Waals surface area contributed by atoms with Gasteiger partial charge in [-0.05, 0) is 13.0 Å². The maximum atomic E-state index is 11.6. The van der Waals surface area contributed by atoms with E-state index in [-0.39, 0.29) is 5.78 Å². The lowest BCUT2D eigenvalue weighted by Gasteiger charge is -2.06. The number of imidazole rings is 1. The molecule has 4 heteroatoms. The molecule has 0 unspecified atom stereocenters. The van der Waals surface area contributed by atoms with Gasteiger partial charge in [0.25, 0.3) is 0 Å². The molecule has 0 radical (unpaired) electrons. The van der Waals surface area contributed by atoms with Crippen molar-refractivity contribution in [2.45, 2.75) is 6.92 Å². The fraction of sp³-hybridized carbons (Fsp3) is 0.0500. The number of carbonyl (C=O) groups is 1. The second-order valence-electron chi connectivity index (χ2n) is 5.65. The van der Waals surface area contributed by atoms with Gasteiger partial charge in [-0.15, -0.1) is 0 Å². The van der Waals surface area contributed by atoms with Gasteiger partial charge in [-0.2, -0.15) is 0 Å². The summed E-state index contributed by atoms with van der Waals surface area (Å²) in [6.07, 6.45) is 5.55. The molecule has 0 fully saturated rings. The average molecular weight is 313 g/mol. The number of ketones is 1. The van der Waals surface area contributed by atoms with Crippen LogP contribution in [0.5, 0.6) is 0 Å². The van der Waals surface area contributed by atoms with Crippen LogP contribution in [-0.2, 0) is 0 Å². The predicted octanol–water partition coefficient (Wildman–Crippen LogP) is 4.27. The Hall–Kier alpha value is -3.27. The van der Waals surface area contributed by atoms with Gasteiger partial charge in [-0.3, -0.25) is 14.2 Å². The number of fused-ring (bicyclic) bond motifs is 1. The van der Waals surface area contributed by atoms with Gasteiger partial charge in [0.05, 0.1) is 23.8 Å². The molecule has 2 aromatic heterocycles. The molecule has 0 aliphatic carbocycles. The molecule has 2 aromatic carbocycles. The quantitative estimate of drug-likeness (QED) is 0.531.